The molecule has 2 aromatic rings. The van der Waals surface area contributed by atoms with E-state index in [-0.39, 0.29) is 43.0 Å². The van der Waals surface area contributed by atoms with Gasteiger partial charge in [0.1, 0.15) is 12.4 Å². The summed E-state index contributed by atoms with van der Waals surface area (Å²) in [6.07, 6.45) is -0.348. The van der Waals surface area contributed by atoms with Crippen LogP contribution < -0.4 is 15.8 Å². The molecule has 3 rings (SSSR count). The molecule has 0 aliphatic heterocycles. The maximum absolute atomic E-state index is 13.2. The van der Waals surface area contributed by atoms with Crippen molar-refractivity contribution in [2.45, 2.75) is 37.8 Å². The first-order valence-electron chi connectivity index (χ1n) is 7.38. The first kappa shape index (κ1) is 16.2. The third kappa shape index (κ3) is 3.79. The molecule has 1 aliphatic rings. The highest BCUT2D eigenvalue weighted by Gasteiger charge is 2.40. The minimum atomic E-state index is -2.73. The molecule has 1 atom stereocenters. The van der Waals surface area contributed by atoms with Crippen molar-refractivity contribution in [3.8, 4) is 5.75 Å². The largest absolute Gasteiger partial charge is 0.485 e. The molecule has 9 heteroatoms. The predicted molar refractivity (Wildman–Crippen MR) is 77.9 cm³/mol. The topological polar surface area (TPSA) is 97.2 Å². The Kier molecular flexibility index (Phi) is 4.32. The van der Waals surface area contributed by atoms with Gasteiger partial charge in [-0.2, -0.15) is 0 Å². The van der Waals surface area contributed by atoms with Gasteiger partial charge in [-0.3, -0.25) is 14.3 Å². The maximum atomic E-state index is 13.2. The highest BCUT2D eigenvalue weighted by molar-refractivity contribution is 5.97. The number of benzene rings is 1. The Balaban J connectivity index is 1.67. The molecule has 1 unspecified atom stereocenters. The van der Waals surface area contributed by atoms with Crippen LogP contribution in [0, 0.1) is 0 Å². The Labute approximate surface area is 135 Å². The molecule has 1 aromatic heterocycles. The van der Waals surface area contributed by atoms with Gasteiger partial charge < -0.3 is 10.1 Å². The van der Waals surface area contributed by atoms with E-state index in [1.807, 2.05) is 0 Å². The minimum Gasteiger partial charge on any atom is -0.485 e. The third-order valence-corrected chi connectivity index (χ3v) is 3.72. The Morgan fingerprint density at radius 2 is 2.25 bits per heavy atom. The number of aromatic nitrogens is 2. The van der Waals surface area contributed by atoms with Crippen LogP contribution in [0.2, 0.25) is 0 Å². The molecular formula is C15H15F2N3O4. The Hall–Kier alpha value is -2.71. The van der Waals surface area contributed by atoms with Gasteiger partial charge in [-0.05, 0) is 18.6 Å². The van der Waals surface area contributed by atoms with Crippen LogP contribution in [-0.2, 0) is 6.61 Å². The first-order valence-corrected chi connectivity index (χ1v) is 7.38. The normalized spacial score (nSPS) is 19.2. The van der Waals surface area contributed by atoms with E-state index < -0.39 is 23.6 Å². The number of rotatable bonds is 5. The highest BCUT2D eigenvalue weighted by atomic mass is 19.3. The van der Waals surface area contributed by atoms with Crippen molar-refractivity contribution in [3.05, 3.63) is 46.2 Å². The van der Waals surface area contributed by atoms with E-state index in [1.54, 1.807) is 18.2 Å². The first-order chi connectivity index (χ1) is 11.4. The second-order valence-electron chi connectivity index (χ2n) is 5.60. The summed E-state index contributed by atoms with van der Waals surface area (Å²) >= 11 is 0. The van der Waals surface area contributed by atoms with Gasteiger partial charge >= 0.3 is 5.76 Å². The third-order valence-electron chi connectivity index (χ3n) is 3.72. The lowest BCUT2D eigenvalue weighted by atomic mass is 10.1. The number of ether oxygens (including phenoxy) is 1. The smallest absolute Gasteiger partial charge is 0.439 e. The number of carbonyl (C=O) groups is 1. The molecule has 24 heavy (non-hydrogen) atoms. The molecule has 1 aromatic carbocycles. The van der Waals surface area contributed by atoms with Gasteiger partial charge in [0, 0.05) is 18.9 Å². The number of amides is 1. The number of H-pyrrole nitrogens is 1. The van der Waals surface area contributed by atoms with E-state index in [0.717, 1.165) is 0 Å². The maximum Gasteiger partial charge on any atom is 0.439 e. The molecule has 1 amide bonds. The van der Waals surface area contributed by atoms with Crippen LogP contribution in [0.3, 0.4) is 0 Å². The molecule has 0 spiro atoms. The van der Waals surface area contributed by atoms with Gasteiger partial charge in [0.15, 0.2) is 5.82 Å². The zero-order valence-corrected chi connectivity index (χ0v) is 12.6. The SMILES string of the molecule is O=C(NC1CCC(F)(F)C1)c1ccccc1OCc1noc(=O)[nH]1. The second-order valence-corrected chi connectivity index (χ2v) is 5.60. The van der Waals surface area contributed by atoms with Crippen molar-refractivity contribution >= 4 is 5.91 Å². The van der Waals surface area contributed by atoms with Gasteiger partial charge in [0.2, 0.25) is 5.92 Å². The van der Waals surface area contributed by atoms with Gasteiger partial charge in [0.25, 0.3) is 5.91 Å². The van der Waals surface area contributed by atoms with E-state index in [2.05, 4.69) is 20.0 Å². The summed E-state index contributed by atoms with van der Waals surface area (Å²) in [5.41, 5.74) is 0.221. The summed E-state index contributed by atoms with van der Waals surface area (Å²) in [6.45, 7) is -0.0997. The number of alkyl halides is 2. The average Bonchev–Trinajstić information content (AvgIpc) is 3.10. The van der Waals surface area contributed by atoms with Gasteiger partial charge in [-0.15, -0.1) is 0 Å². The van der Waals surface area contributed by atoms with Gasteiger partial charge in [-0.25, -0.2) is 13.6 Å². The summed E-state index contributed by atoms with van der Waals surface area (Å²) in [4.78, 5) is 25.5. The molecule has 0 saturated heterocycles. The lowest BCUT2D eigenvalue weighted by Crippen LogP contribution is -2.34. The molecule has 1 heterocycles. The van der Waals surface area contributed by atoms with Crippen molar-refractivity contribution in [2.75, 3.05) is 0 Å². The molecular weight excluding hydrogens is 324 g/mol. The summed E-state index contributed by atoms with van der Waals surface area (Å²) in [6, 6.07) is 5.84. The second kappa shape index (κ2) is 6.42. The molecule has 1 aliphatic carbocycles. The lowest BCUT2D eigenvalue weighted by Gasteiger charge is -2.15. The predicted octanol–water partition coefficient (Wildman–Crippen LogP) is 1.86. The Bertz CT molecular complexity index is 787. The number of para-hydroxylation sites is 1. The fraction of sp³-hybridized carbons (Fsp3) is 0.400. The molecule has 1 saturated carbocycles. The average molecular weight is 339 g/mol. The Morgan fingerprint density at radius 3 is 2.92 bits per heavy atom. The van der Waals surface area contributed by atoms with E-state index >= 15 is 0 Å². The van der Waals surface area contributed by atoms with Crippen molar-refractivity contribution in [1.29, 1.82) is 0 Å². The van der Waals surface area contributed by atoms with Gasteiger partial charge in [0.05, 0.1) is 5.56 Å². The number of aromatic amines is 1. The highest BCUT2D eigenvalue weighted by Crippen LogP contribution is 2.35. The van der Waals surface area contributed by atoms with Crippen LogP contribution >= 0.6 is 0 Å². The van der Waals surface area contributed by atoms with Crippen LogP contribution in [-0.4, -0.2) is 28.0 Å². The number of halogens is 2. The van der Waals surface area contributed by atoms with Crippen LogP contribution in [0.25, 0.3) is 0 Å². The summed E-state index contributed by atoms with van der Waals surface area (Å²) < 4.78 is 36.2. The monoisotopic (exact) mass is 339 g/mol. The Morgan fingerprint density at radius 1 is 1.46 bits per heavy atom. The van der Waals surface area contributed by atoms with E-state index in [1.165, 1.54) is 6.07 Å². The van der Waals surface area contributed by atoms with Crippen LogP contribution in [0.1, 0.15) is 35.4 Å². The molecule has 128 valence electrons. The van der Waals surface area contributed by atoms with Crippen molar-refractivity contribution in [1.82, 2.24) is 15.5 Å². The fourth-order valence-corrected chi connectivity index (χ4v) is 2.59. The van der Waals surface area contributed by atoms with Crippen LogP contribution in [0.4, 0.5) is 8.78 Å². The number of nitrogens with one attached hydrogen (secondary N) is 2. The zero-order chi connectivity index (χ0) is 17.2. The van der Waals surface area contributed by atoms with Crippen LogP contribution in [0.15, 0.2) is 33.6 Å². The van der Waals surface area contributed by atoms with Crippen molar-refractivity contribution < 1.29 is 22.8 Å². The molecule has 7 nitrogen and oxygen atoms in total. The summed E-state index contributed by atoms with van der Waals surface area (Å²) in [5.74, 6) is -3.50. The number of hydrogen-bond donors (Lipinski definition) is 2. The van der Waals surface area contributed by atoms with E-state index in [4.69, 9.17) is 4.74 Å². The number of hydrogen-bond acceptors (Lipinski definition) is 5. The summed E-state index contributed by atoms with van der Waals surface area (Å²) in [5, 5.41) is 6.06. The van der Waals surface area contributed by atoms with Crippen molar-refractivity contribution in [3.63, 3.8) is 0 Å². The molecule has 0 radical (unpaired) electrons. The number of nitrogens with zero attached hydrogens (tertiary/aromatic N) is 1. The lowest BCUT2D eigenvalue weighted by molar-refractivity contribution is 0.00711. The molecule has 1 fully saturated rings. The van der Waals surface area contributed by atoms with Gasteiger partial charge in [-0.1, -0.05) is 17.3 Å². The van der Waals surface area contributed by atoms with Crippen LogP contribution in [0.5, 0.6) is 5.75 Å². The van der Waals surface area contributed by atoms with E-state index in [0.29, 0.717) is 0 Å². The molecule has 2 N–H and O–H groups in total. The standard InChI is InChI=1S/C15H15F2N3O4/c16-15(17)6-5-9(7-15)18-13(21)10-3-1-2-4-11(10)23-8-12-19-14(22)24-20-12/h1-4,9H,5-8H2,(H,18,21)(H,19,20,22). The summed E-state index contributed by atoms with van der Waals surface area (Å²) in [7, 11) is 0. The number of carbonyl (C=O) groups excluding carboxylic acids is 1. The molecule has 0 bridgehead atoms. The zero-order valence-electron chi connectivity index (χ0n) is 12.6. The minimum absolute atomic E-state index is 0.0997. The quantitative estimate of drug-likeness (QED) is 0.866. The van der Waals surface area contributed by atoms with E-state index in [9.17, 15) is 18.4 Å². The van der Waals surface area contributed by atoms with Crippen molar-refractivity contribution in [2.24, 2.45) is 0 Å². The fourth-order valence-electron chi connectivity index (χ4n) is 2.59.